The molecule has 2 N–H and O–H groups in total. The number of amides is 1. The van der Waals surface area contributed by atoms with Gasteiger partial charge in [0.25, 0.3) is 11.6 Å². The van der Waals surface area contributed by atoms with Crippen LogP contribution in [0.25, 0.3) is 10.6 Å². The van der Waals surface area contributed by atoms with Gasteiger partial charge in [-0.05, 0) is 23.6 Å². The Morgan fingerprint density at radius 1 is 1.33 bits per heavy atom. The van der Waals surface area contributed by atoms with Crippen molar-refractivity contribution in [2.45, 2.75) is 0 Å². The SMILES string of the molecule is COCCNc1ccc(C(=O)Nc2nc(-c3cccs3)cs2)cc1[N+](=O)[O-]. The first-order chi connectivity index (χ1) is 13.1. The molecule has 0 atom stereocenters. The van der Waals surface area contributed by atoms with Crippen molar-refractivity contribution in [2.24, 2.45) is 0 Å². The highest BCUT2D eigenvalue weighted by atomic mass is 32.1. The number of benzene rings is 1. The summed E-state index contributed by atoms with van der Waals surface area (Å²) in [7, 11) is 1.55. The number of nitro groups is 1. The van der Waals surface area contributed by atoms with Crippen LogP contribution in [-0.2, 0) is 4.74 Å². The Labute approximate surface area is 163 Å². The fourth-order valence-electron chi connectivity index (χ4n) is 2.30. The van der Waals surface area contributed by atoms with Crippen LogP contribution in [0.3, 0.4) is 0 Å². The van der Waals surface area contributed by atoms with Crippen molar-refractivity contribution < 1.29 is 14.5 Å². The van der Waals surface area contributed by atoms with Crippen LogP contribution in [0.5, 0.6) is 0 Å². The van der Waals surface area contributed by atoms with Gasteiger partial charge in [0.15, 0.2) is 5.13 Å². The van der Waals surface area contributed by atoms with Gasteiger partial charge in [-0.3, -0.25) is 20.2 Å². The lowest BCUT2D eigenvalue weighted by Crippen LogP contribution is -2.13. The number of hydrogen-bond acceptors (Lipinski definition) is 8. The molecule has 0 aliphatic rings. The highest BCUT2D eigenvalue weighted by Gasteiger charge is 2.18. The minimum Gasteiger partial charge on any atom is -0.383 e. The van der Waals surface area contributed by atoms with Gasteiger partial charge >= 0.3 is 0 Å². The molecular formula is C17H16N4O4S2. The second-order valence-corrected chi connectivity index (χ2v) is 7.18. The van der Waals surface area contributed by atoms with Crippen LogP contribution in [0.4, 0.5) is 16.5 Å². The third-order valence-electron chi connectivity index (χ3n) is 3.58. The minimum atomic E-state index is -0.524. The number of nitrogens with zero attached hydrogens (tertiary/aromatic N) is 2. The van der Waals surface area contributed by atoms with Gasteiger partial charge in [0.05, 0.1) is 22.1 Å². The van der Waals surface area contributed by atoms with Crippen molar-refractivity contribution in [3.8, 4) is 10.6 Å². The Kier molecular flexibility index (Phi) is 6.12. The van der Waals surface area contributed by atoms with E-state index in [1.165, 1.54) is 29.5 Å². The molecule has 2 heterocycles. The van der Waals surface area contributed by atoms with E-state index in [0.29, 0.717) is 24.0 Å². The highest BCUT2D eigenvalue weighted by molar-refractivity contribution is 7.16. The third kappa shape index (κ3) is 4.67. The normalized spacial score (nSPS) is 10.6. The number of aromatic nitrogens is 1. The van der Waals surface area contributed by atoms with Crippen molar-refractivity contribution in [1.82, 2.24) is 4.98 Å². The molecule has 0 saturated heterocycles. The maximum Gasteiger partial charge on any atom is 0.293 e. The lowest BCUT2D eigenvalue weighted by Gasteiger charge is -2.08. The largest absolute Gasteiger partial charge is 0.383 e. The Morgan fingerprint density at radius 3 is 2.89 bits per heavy atom. The molecule has 0 unspecified atom stereocenters. The molecule has 3 rings (SSSR count). The van der Waals surface area contributed by atoms with E-state index in [1.807, 2.05) is 22.9 Å². The minimum absolute atomic E-state index is 0.169. The van der Waals surface area contributed by atoms with Crippen molar-refractivity contribution in [3.63, 3.8) is 0 Å². The highest BCUT2D eigenvalue weighted by Crippen LogP contribution is 2.29. The first-order valence-electron chi connectivity index (χ1n) is 7.90. The topological polar surface area (TPSA) is 106 Å². The summed E-state index contributed by atoms with van der Waals surface area (Å²) in [4.78, 5) is 28.6. The first kappa shape index (κ1) is 19.0. The molecule has 0 aliphatic carbocycles. The Morgan fingerprint density at radius 2 is 2.19 bits per heavy atom. The summed E-state index contributed by atoms with van der Waals surface area (Å²) in [6, 6.07) is 8.17. The van der Waals surface area contributed by atoms with Gasteiger partial charge in [-0.15, -0.1) is 22.7 Å². The number of hydrogen-bond donors (Lipinski definition) is 2. The van der Waals surface area contributed by atoms with Gasteiger partial charge in [-0.1, -0.05) is 6.07 Å². The maximum atomic E-state index is 12.5. The molecule has 0 spiro atoms. The van der Waals surface area contributed by atoms with Gasteiger partial charge in [0.1, 0.15) is 5.69 Å². The van der Waals surface area contributed by atoms with Crippen LogP contribution in [0.2, 0.25) is 0 Å². The maximum absolute atomic E-state index is 12.5. The van der Waals surface area contributed by atoms with E-state index in [-0.39, 0.29) is 11.3 Å². The average molecular weight is 404 g/mol. The van der Waals surface area contributed by atoms with E-state index >= 15 is 0 Å². The summed E-state index contributed by atoms with van der Waals surface area (Å²) in [6.07, 6.45) is 0. The summed E-state index contributed by atoms with van der Waals surface area (Å²) in [5, 5.41) is 21.2. The number of methoxy groups -OCH3 is 1. The zero-order valence-electron chi connectivity index (χ0n) is 14.3. The lowest BCUT2D eigenvalue weighted by molar-refractivity contribution is -0.384. The standard InChI is InChI=1S/C17H16N4O4S2/c1-25-7-6-18-12-5-4-11(9-14(12)21(23)24)16(22)20-17-19-13(10-27-17)15-3-2-8-26-15/h2-5,8-10,18H,6-7H2,1H3,(H,19,20,22). The van der Waals surface area contributed by atoms with Gasteiger partial charge < -0.3 is 10.1 Å². The molecular weight excluding hydrogens is 388 g/mol. The van der Waals surface area contributed by atoms with E-state index in [1.54, 1.807) is 18.4 Å². The van der Waals surface area contributed by atoms with Crippen molar-refractivity contribution in [2.75, 3.05) is 30.9 Å². The smallest absolute Gasteiger partial charge is 0.293 e. The van der Waals surface area contributed by atoms with Crippen molar-refractivity contribution in [3.05, 3.63) is 56.8 Å². The van der Waals surface area contributed by atoms with Gasteiger partial charge in [-0.2, -0.15) is 0 Å². The zero-order valence-corrected chi connectivity index (χ0v) is 15.9. The number of thiazole rings is 1. The zero-order chi connectivity index (χ0) is 19.2. The predicted molar refractivity (Wildman–Crippen MR) is 107 cm³/mol. The molecule has 0 radical (unpaired) electrons. The van der Waals surface area contributed by atoms with Crippen LogP contribution in [-0.4, -0.2) is 36.1 Å². The van der Waals surface area contributed by atoms with Crippen molar-refractivity contribution in [1.29, 1.82) is 0 Å². The number of rotatable bonds is 8. The number of anilines is 2. The van der Waals surface area contributed by atoms with Gasteiger partial charge in [0, 0.05) is 30.7 Å². The summed E-state index contributed by atoms with van der Waals surface area (Å²) < 4.78 is 4.92. The number of ether oxygens (including phenoxy) is 1. The van der Waals surface area contributed by atoms with Crippen LogP contribution < -0.4 is 10.6 Å². The molecule has 0 saturated carbocycles. The van der Waals surface area contributed by atoms with E-state index in [0.717, 1.165) is 10.6 Å². The molecule has 10 heteroatoms. The van der Waals surface area contributed by atoms with Crippen LogP contribution in [0, 0.1) is 10.1 Å². The summed E-state index contributed by atoms with van der Waals surface area (Å²) >= 11 is 2.86. The van der Waals surface area contributed by atoms with Gasteiger partial charge in [-0.25, -0.2) is 4.98 Å². The number of thiophene rings is 1. The molecule has 27 heavy (non-hydrogen) atoms. The van der Waals surface area contributed by atoms with Crippen LogP contribution in [0.1, 0.15) is 10.4 Å². The molecule has 140 valence electrons. The molecule has 1 aromatic carbocycles. The monoisotopic (exact) mass is 404 g/mol. The molecule has 1 amide bonds. The average Bonchev–Trinajstić information content (AvgIpc) is 3.33. The van der Waals surface area contributed by atoms with Crippen LogP contribution >= 0.6 is 22.7 Å². The van der Waals surface area contributed by atoms with Gasteiger partial charge in [0.2, 0.25) is 0 Å². The number of carbonyl (C=O) groups excluding carboxylic acids is 1. The number of carbonyl (C=O) groups is 1. The Balaban J connectivity index is 1.74. The van der Waals surface area contributed by atoms with E-state index in [2.05, 4.69) is 15.6 Å². The van der Waals surface area contributed by atoms with Crippen LogP contribution in [0.15, 0.2) is 41.1 Å². The van der Waals surface area contributed by atoms with Crippen molar-refractivity contribution >= 4 is 45.1 Å². The van der Waals surface area contributed by atoms with E-state index in [4.69, 9.17) is 4.74 Å². The fraction of sp³-hybridized carbons (Fsp3) is 0.176. The lowest BCUT2D eigenvalue weighted by atomic mass is 10.1. The number of nitrogens with one attached hydrogen (secondary N) is 2. The first-order valence-corrected chi connectivity index (χ1v) is 9.66. The predicted octanol–water partition coefficient (Wildman–Crippen LogP) is 4.09. The molecule has 0 bridgehead atoms. The fourth-order valence-corrected chi connectivity index (χ4v) is 3.77. The quantitative estimate of drug-likeness (QED) is 0.333. The van der Waals surface area contributed by atoms with E-state index < -0.39 is 10.8 Å². The van der Waals surface area contributed by atoms with E-state index in [9.17, 15) is 14.9 Å². The third-order valence-corrected chi connectivity index (χ3v) is 5.23. The molecule has 8 nitrogen and oxygen atoms in total. The Bertz CT molecular complexity index is 940. The molecule has 0 fully saturated rings. The summed E-state index contributed by atoms with van der Waals surface area (Å²) in [6.45, 7) is 0.837. The Hall–Kier alpha value is -2.82. The second kappa shape index (κ2) is 8.71. The number of nitro benzene ring substituents is 1. The second-order valence-electron chi connectivity index (χ2n) is 5.38. The summed E-state index contributed by atoms with van der Waals surface area (Å²) in [5.74, 6) is -0.450. The molecule has 0 aliphatic heterocycles. The molecule has 3 aromatic rings. The molecule has 2 aromatic heterocycles. The summed E-state index contributed by atoms with van der Waals surface area (Å²) in [5.41, 5.74) is 1.14.